The van der Waals surface area contributed by atoms with Crippen molar-refractivity contribution in [2.75, 3.05) is 31.6 Å². The molecule has 2 aromatic heterocycles. The number of amides is 2. The van der Waals surface area contributed by atoms with Crippen LogP contribution in [0.1, 0.15) is 25.7 Å². The van der Waals surface area contributed by atoms with Crippen LogP contribution in [-0.4, -0.2) is 51.8 Å². The van der Waals surface area contributed by atoms with Crippen LogP contribution < -0.4 is 5.32 Å². The number of hydrogen-bond acceptors (Lipinski definition) is 4. The van der Waals surface area contributed by atoms with Gasteiger partial charge in [-0.2, -0.15) is 9.61 Å². The Morgan fingerprint density at radius 3 is 3.00 bits per heavy atom. The van der Waals surface area contributed by atoms with Gasteiger partial charge >= 0.3 is 6.03 Å². The average molecular weight is 315 g/mol. The normalized spacial score (nSPS) is 20.8. The molecule has 23 heavy (non-hydrogen) atoms. The first kappa shape index (κ1) is 14.4. The highest BCUT2D eigenvalue weighted by Crippen LogP contribution is 2.40. The van der Waals surface area contributed by atoms with Crippen molar-refractivity contribution < 1.29 is 9.53 Å². The van der Waals surface area contributed by atoms with Gasteiger partial charge in [0, 0.05) is 30.8 Å². The summed E-state index contributed by atoms with van der Waals surface area (Å²) in [6.07, 6.45) is 8.11. The fourth-order valence-electron chi connectivity index (χ4n) is 3.71. The molecule has 1 aliphatic carbocycles. The summed E-state index contributed by atoms with van der Waals surface area (Å²) in [5.74, 6) is 0.635. The van der Waals surface area contributed by atoms with Crippen molar-refractivity contribution in [2.45, 2.75) is 25.7 Å². The Hall–Kier alpha value is -2.15. The van der Waals surface area contributed by atoms with Gasteiger partial charge in [-0.25, -0.2) is 9.78 Å². The zero-order chi connectivity index (χ0) is 15.7. The molecule has 7 heteroatoms. The Morgan fingerprint density at radius 2 is 2.13 bits per heavy atom. The number of nitrogens with zero attached hydrogens (tertiary/aromatic N) is 4. The first-order chi connectivity index (χ1) is 11.3. The van der Waals surface area contributed by atoms with Crippen molar-refractivity contribution in [1.82, 2.24) is 19.5 Å². The minimum atomic E-state index is -0.0928. The molecule has 122 valence electrons. The largest absolute Gasteiger partial charge is 0.379 e. The molecule has 2 aliphatic rings. The van der Waals surface area contributed by atoms with Gasteiger partial charge < -0.3 is 9.64 Å². The summed E-state index contributed by atoms with van der Waals surface area (Å²) < 4.78 is 7.41. The second-order valence-electron chi connectivity index (χ2n) is 6.54. The molecule has 1 aliphatic heterocycles. The van der Waals surface area contributed by atoms with E-state index in [4.69, 9.17) is 4.74 Å². The van der Waals surface area contributed by atoms with Crippen LogP contribution in [0.15, 0.2) is 24.5 Å². The molecular formula is C16H21N5O2. The summed E-state index contributed by atoms with van der Waals surface area (Å²) in [6, 6.07) is 3.48. The molecule has 0 bridgehead atoms. The number of carbonyl (C=O) groups is 1. The molecule has 0 radical (unpaired) electrons. The van der Waals surface area contributed by atoms with Crippen LogP contribution in [0.4, 0.5) is 10.6 Å². The SMILES string of the molecule is O=C(Nc1ccnc2ccnn12)N1CCOCC2(CCCC2)C1. The molecule has 1 spiro atoms. The Balaban J connectivity index is 1.52. The summed E-state index contributed by atoms with van der Waals surface area (Å²) in [6.45, 7) is 2.77. The maximum atomic E-state index is 12.7. The predicted octanol–water partition coefficient (Wildman–Crippen LogP) is 2.15. The van der Waals surface area contributed by atoms with Crippen molar-refractivity contribution in [3.05, 3.63) is 24.5 Å². The Labute approximate surface area is 134 Å². The van der Waals surface area contributed by atoms with E-state index in [0.717, 1.165) is 26.0 Å². The van der Waals surface area contributed by atoms with E-state index in [1.165, 1.54) is 12.8 Å². The first-order valence-electron chi connectivity index (χ1n) is 8.18. The van der Waals surface area contributed by atoms with Gasteiger partial charge in [0.05, 0.1) is 19.4 Å². The Kier molecular flexibility index (Phi) is 3.65. The lowest BCUT2D eigenvalue weighted by molar-refractivity contribution is 0.0718. The Bertz CT molecular complexity index is 707. The van der Waals surface area contributed by atoms with Crippen LogP contribution in [-0.2, 0) is 4.74 Å². The van der Waals surface area contributed by atoms with Gasteiger partial charge in [0.25, 0.3) is 0 Å². The molecule has 0 atom stereocenters. The molecular weight excluding hydrogens is 294 g/mol. The summed E-state index contributed by atoms with van der Waals surface area (Å²) in [5, 5.41) is 7.17. The van der Waals surface area contributed by atoms with E-state index in [9.17, 15) is 4.79 Å². The second-order valence-corrected chi connectivity index (χ2v) is 6.54. The Morgan fingerprint density at radius 1 is 1.26 bits per heavy atom. The van der Waals surface area contributed by atoms with E-state index in [0.29, 0.717) is 24.6 Å². The maximum absolute atomic E-state index is 12.7. The molecule has 2 aromatic rings. The van der Waals surface area contributed by atoms with Crippen molar-refractivity contribution in [3.63, 3.8) is 0 Å². The third kappa shape index (κ3) is 2.76. The van der Waals surface area contributed by atoms with Crippen molar-refractivity contribution >= 4 is 17.5 Å². The fraction of sp³-hybridized carbons (Fsp3) is 0.562. The number of urea groups is 1. The molecule has 2 amide bonds. The van der Waals surface area contributed by atoms with Gasteiger partial charge in [-0.05, 0) is 18.9 Å². The van der Waals surface area contributed by atoms with E-state index in [2.05, 4.69) is 15.4 Å². The number of carbonyl (C=O) groups excluding carboxylic acids is 1. The molecule has 2 fully saturated rings. The first-order valence-corrected chi connectivity index (χ1v) is 8.18. The van der Waals surface area contributed by atoms with Gasteiger partial charge in [0.1, 0.15) is 5.82 Å². The van der Waals surface area contributed by atoms with E-state index in [1.54, 1.807) is 23.0 Å². The summed E-state index contributed by atoms with van der Waals surface area (Å²) in [7, 11) is 0. The van der Waals surface area contributed by atoms with Gasteiger partial charge in [0.2, 0.25) is 0 Å². The second kappa shape index (κ2) is 5.81. The highest BCUT2D eigenvalue weighted by Gasteiger charge is 2.38. The quantitative estimate of drug-likeness (QED) is 0.875. The summed E-state index contributed by atoms with van der Waals surface area (Å²) in [5.41, 5.74) is 0.863. The average Bonchev–Trinajstić information content (AvgIpc) is 3.15. The minimum Gasteiger partial charge on any atom is -0.379 e. The standard InChI is InChI=1S/C16H21N5O2/c22-15(19-14-3-7-17-13-4-8-18-21(13)14)20-9-10-23-12-16(11-20)5-1-2-6-16/h3-4,7-8H,1-2,5-6,9-12H2,(H,19,22). The van der Waals surface area contributed by atoms with Gasteiger partial charge in [-0.15, -0.1) is 0 Å². The van der Waals surface area contributed by atoms with Crippen LogP contribution in [0, 0.1) is 5.41 Å². The number of rotatable bonds is 1. The lowest BCUT2D eigenvalue weighted by Crippen LogP contribution is -2.43. The van der Waals surface area contributed by atoms with Gasteiger partial charge in [-0.3, -0.25) is 5.32 Å². The van der Waals surface area contributed by atoms with Crippen molar-refractivity contribution in [1.29, 1.82) is 0 Å². The van der Waals surface area contributed by atoms with E-state index in [-0.39, 0.29) is 11.4 Å². The predicted molar refractivity (Wildman–Crippen MR) is 85.3 cm³/mol. The molecule has 1 saturated carbocycles. The molecule has 3 heterocycles. The van der Waals surface area contributed by atoms with Gasteiger partial charge in [0.15, 0.2) is 5.65 Å². The highest BCUT2D eigenvalue weighted by atomic mass is 16.5. The maximum Gasteiger partial charge on any atom is 0.323 e. The third-order valence-electron chi connectivity index (χ3n) is 4.92. The minimum absolute atomic E-state index is 0.0928. The molecule has 4 rings (SSSR count). The number of anilines is 1. The fourth-order valence-corrected chi connectivity index (χ4v) is 3.71. The lowest BCUT2D eigenvalue weighted by Gasteiger charge is -2.31. The van der Waals surface area contributed by atoms with Gasteiger partial charge in [-0.1, -0.05) is 12.8 Å². The highest BCUT2D eigenvalue weighted by molar-refractivity contribution is 5.88. The van der Waals surface area contributed by atoms with E-state index < -0.39 is 0 Å². The van der Waals surface area contributed by atoms with Crippen LogP contribution >= 0.6 is 0 Å². The van der Waals surface area contributed by atoms with Crippen LogP contribution in [0.5, 0.6) is 0 Å². The smallest absolute Gasteiger partial charge is 0.323 e. The molecule has 1 saturated heterocycles. The number of fused-ring (bicyclic) bond motifs is 1. The number of ether oxygens (including phenoxy) is 1. The number of nitrogens with one attached hydrogen (secondary N) is 1. The monoisotopic (exact) mass is 315 g/mol. The number of hydrogen-bond donors (Lipinski definition) is 1. The molecule has 0 unspecified atom stereocenters. The van der Waals surface area contributed by atoms with Crippen LogP contribution in [0.3, 0.4) is 0 Å². The molecule has 1 N–H and O–H groups in total. The topological polar surface area (TPSA) is 71.8 Å². The van der Waals surface area contributed by atoms with Crippen molar-refractivity contribution in [2.24, 2.45) is 5.41 Å². The third-order valence-corrected chi connectivity index (χ3v) is 4.92. The van der Waals surface area contributed by atoms with Crippen LogP contribution in [0.2, 0.25) is 0 Å². The summed E-state index contributed by atoms with van der Waals surface area (Å²) >= 11 is 0. The zero-order valence-electron chi connectivity index (χ0n) is 13.1. The zero-order valence-corrected chi connectivity index (χ0v) is 13.1. The molecule has 7 nitrogen and oxygen atoms in total. The van der Waals surface area contributed by atoms with E-state index >= 15 is 0 Å². The van der Waals surface area contributed by atoms with Crippen LogP contribution in [0.25, 0.3) is 5.65 Å². The van der Waals surface area contributed by atoms with Crippen molar-refractivity contribution in [3.8, 4) is 0 Å². The number of aromatic nitrogens is 3. The summed E-state index contributed by atoms with van der Waals surface area (Å²) in [4.78, 5) is 18.8. The molecule has 0 aromatic carbocycles. The lowest BCUT2D eigenvalue weighted by atomic mass is 9.87. The van der Waals surface area contributed by atoms with E-state index in [1.807, 2.05) is 11.0 Å².